The van der Waals surface area contributed by atoms with Gasteiger partial charge in [-0.25, -0.2) is 4.79 Å². The van der Waals surface area contributed by atoms with Crippen LogP contribution in [0, 0.1) is 0 Å². The van der Waals surface area contributed by atoms with Crippen molar-refractivity contribution in [2.75, 3.05) is 0 Å². The van der Waals surface area contributed by atoms with E-state index in [1.54, 1.807) is 6.92 Å². The van der Waals surface area contributed by atoms with Gasteiger partial charge in [0.25, 0.3) is 0 Å². The van der Waals surface area contributed by atoms with Gasteiger partial charge in [-0.2, -0.15) is 0 Å². The molecule has 0 N–H and O–H groups in total. The second-order valence-corrected chi connectivity index (χ2v) is 55.7. The average Bonchev–Trinajstić information content (AvgIpc) is 2.85. The molecule has 352 valence electrons. The summed E-state index contributed by atoms with van der Waals surface area (Å²) in [6.45, 7) is 82.4. The third kappa shape index (κ3) is 10.5. The number of carbonyl (C=O) groups excluding carboxylic acids is 1. The van der Waals surface area contributed by atoms with Crippen LogP contribution >= 0.6 is 0 Å². The SMILES string of the molecule is C=C(C)C(=O)O[Si](O[Si](O[Si](O[Si](O[Si](C(C)(C)C)(C(C)(C)C)C(C)(C)C)(C(C)(C)C)C(C)(C)C)(C(C)(C)C)C(C)(C)C)(C(C)(C)C)C(C)(C)C)(C(C)(C)C)C(C)(C)C. The molecule has 0 aromatic heterocycles. The maximum absolute atomic E-state index is 14.0. The lowest BCUT2D eigenvalue weighted by Crippen LogP contribution is -2.78. The van der Waals surface area contributed by atoms with Crippen LogP contribution < -0.4 is 0 Å². The molecular weight excluding hydrogens is 813 g/mol. The van der Waals surface area contributed by atoms with E-state index in [1.807, 2.05) is 0 Å². The van der Waals surface area contributed by atoms with E-state index < -0.39 is 78.8 Å². The molecule has 0 aliphatic rings. The van der Waals surface area contributed by atoms with Gasteiger partial charge in [-0.15, -0.1) is 0 Å². The van der Waals surface area contributed by atoms with E-state index >= 15 is 0 Å². The van der Waals surface area contributed by atoms with E-state index in [2.05, 4.69) is 235 Å². The highest BCUT2D eigenvalue weighted by Crippen LogP contribution is 2.70. The third-order valence-corrected chi connectivity index (χ3v) is 44.7. The normalized spacial score (nSPS) is 16.4. The Morgan fingerprint density at radius 1 is 0.305 bits per heavy atom. The molecule has 59 heavy (non-hydrogen) atoms. The van der Waals surface area contributed by atoms with Gasteiger partial charge in [0.05, 0.1) is 0 Å². The Balaban J connectivity index is 9.72. The van der Waals surface area contributed by atoms with E-state index in [4.69, 9.17) is 20.9 Å². The maximum Gasteiger partial charge on any atom is 0.404 e. The first kappa shape index (κ1) is 59.1. The van der Waals surface area contributed by atoms with Crippen molar-refractivity contribution in [3.8, 4) is 0 Å². The summed E-state index contributed by atoms with van der Waals surface area (Å²) in [6.07, 6.45) is 0. The summed E-state index contributed by atoms with van der Waals surface area (Å²) in [7, 11) is -17.5. The molecule has 0 rings (SSSR count). The summed E-state index contributed by atoms with van der Waals surface area (Å²) in [5.74, 6) is -0.410. The van der Waals surface area contributed by atoms with E-state index in [-0.39, 0.29) is 25.2 Å². The number of carbonyl (C=O) groups is 1. The van der Waals surface area contributed by atoms with Crippen LogP contribution in [0.3, 0.4) is 0 Å². The van der Waals surface area contributed by atoms with Gasteiger partial charge in [0.1, 0.15) is 0 Å². The lowest BCUT2D eigenvalue weighted by Gasteiger charge is -2.68. The fourth-order valence-corrected chi connectivity index (χ4v) is 57.9. The topological polar surface area (TPSA) is 63.2 Å². The zero-order valence-electron chi connectivity index (χ0n) is 46.2. The smallest absolute Gasteiger partial charge is 0.404 e. The molecule has 11 heteroatoms. The third-order valence-electron chi connectivity index (χ3n) is 12.8. The van der Waals surface area contributed by atoms with Crippen LogP contribution in [-0.2, 0) is 25.7 Å². The lowest BCUT2D eigenvalue weighted by atomic mass is 10.2. The van der Waals surface area contributed by atoms with Gasteiger partial charge in [0.2, 0.25) is 0 Å². The molecule has 0 heterocycles. The highest BCUT2D eigenvalue weighted by molar-refractivity contribution is 6.98. The number of hydrogen-bond donors (Lipinski definition) is 0. The van der Waals surface area contributed by atoms with E-state index in [0.29, 0.717) is 5.57 Å². The van der Waals surface area contributed by atoms with Gasteiger partial charge in [0.15, 0.2) is 8.32 Å². The molecule has 0 radical (unpaired) electrons. The van der Waals surface area contributed by atoms with Gasteiger partial charge in [0, 0.05) is 45.9 Å². The molecule has 0 aliphatic heterocycles. The van der Waals surface area contributed by atoms with Crippen molar-refractivity contribution in [2.45, 2.75) is 291 Å². The molecule has 0 spiro atoms. The van der Waals surface area contributed by atoms with Crippen LogP contribution in [-0.4, -0.2) is 48.5 Å². The first-order valence-electron chi connectivity index (χ1n) is 22.6. The fraction of sp³-hybridized carbons (Fsp3) is 0.938. The van der Waals surface area contributed by atoms with E-state index in [1.165, 1.54) is 0 Å². The van der Waals surface area contributed by atoms with Gasteiger partial charge >= 0.3 is 40.2 Å². The van der Waals surface area contributed by atoms with Crippen molar-refractivity contribution in [1.29, 1.82) is 0 Å². The number of hydrogen-bond acceptors (Lipinski definition) is 6. The quantitative estimate of drug-likeness (QED) is 0.161. The first-order chi connectivity index (χ1) is 24.9. The second kappa shape index (κ2) is 16.5. The first-order valence-corrected chi connectivity index (χ1v) is 31.8. The Kier molecular flexibility index (Phi) is 16.6. The van der Waals surface area contributed by atoms with Gasteiger partial charge in [-0.3, -0.25) is 0 Å². The second-order valence-electron chi connectivity index (χ2n) is 29.5. The summed E-state index contributed by atoms with van der Waals surface area (Å²) < 4.78 is 41.4. The van der Waals surface area contributed by atoms with Gasteiger partial charge < -0.3 is 20.9 Å². The molecule has 0 saturated carbocycles. The van der Waals surface area contributed by atoms with Crippen LogP contribution in [0.1, 0.15) is 235 Å². The minimum atomic E-state index is -3.73. The van der Waals surface area contributed by atoms with Crippen molar-refractivity contribution in [3.63, 3.8) is 0 Å². The van der Waals surface area contributed by atoms with Crippen LogP contribution in [0.2, 0.25) is 55.4 Å². The van der Waals surface area contributed by atoms with Gasteiger partial charge in [-0.05, 0) is 22.0 Å². The Bertz CT molecular complexity index is 1380. The van der Waals surface area contributed by atoms with Crippen molar-refractivity contribution in [1.82, 2.24) is 0 Å². The highest BCUT2D eigenvalue weighted by Gasteiger charge is 2.78. The predicted octanol–water partition coefficient (Wildman–Crippen LogP) is 17.7. The monoisotopic (exact) mass is 917 g/mol. The Labute approximate surface area is 375 Å². The lowest BCUT2D eigenvalue weighted by molar-refractivity contribution is -0.133. The largest absolute Gasteiger partial charge is 0.490 e. The molecule has 0 saturated heterocycles. The molecular formula is C48H104O6Si5. The molecule has 0 unspecified atom stereocenters. The Morgan fingerprint density at radius 2 is 0.475 bits per heavy atom. The number of rotatable bonds is 10. The van der Waals surface area contributed by atoms with Crippen LogP contribution in [0.5, 0.6) is 0 Å². The van der Waals surface area contributed by atoms with E-state index in [0.717, 1.165) is 0 Å². The average molecular weight is 918 g/mol. The van der Waals surface area contributed by atoms with Crippen molar-refractivity contribution < 1.29 is 25.7 Å². The molecule has 0 aromatic carbocycles. The minimum Gasteiger partial charge on any atom is -0.490 e. The van der Waals surface area contributed by atoms with Crippen LogP contribution in [0.4, 0.5) is 0 Å². The molecule has 0 amide bonds. The summed E-state index contributed by atoms with van der Waals surface area (Å²) in [6, 6.07) is 0. The highest BCUT2D eigenvalue weighted by atomic mass is 28.5. The summed E-state index contributed by atoms with van der Waals surface area (Å²) in [5, 5.41) is -4.26. The minimum absolute atomic E-state index is 0.146. The van der Waals surface area contributed by atoms with E-state index in [9.17, 15) is 4.79 Å². The molecule has 0 aromatic rings. The summed E-state index contributed by atoms with van der Waals surface area (Å²) >= 11 is 0. The van der Waals surface area contributed by atoms with Crippen molar-refractivity contribution in [2.24, 2.45) is 0 Å². The molecule has 0 aliphatic carbocycles. The summed E-state index contributed by atoms with van der Waals surface area (Å²) in [5.41, 5.74) is 0.364. The maximum atomic E-state index is 14.0. The molecule has 0 fully saturated rings. The molecule has 6 nitrogen and oxygen atoms in total. The standard InChI is InChI=1S/C48H104O6Si5/c1-36(2)37(49)50-56(41(12,13)14,42(15,16)17)52-58(45(24,25)26,46(27,28)29)54-59(47(30,31)32,48(33,34)35)53-57(43(18,19)20,44(21,22)23)51-55(38(3,4)5,39(6,7)8)40(9,10)11/h1H2,2-35H3. The predicted molar refractivity (Wildman–Crippen MR) is 271 cm³/mol. The van der Waals surface area contributed by atoms with Crippen LogP contribution in [0.15, 0.2) is 12.2 Å². The Morgan fingerprint density at radius 3 is 0.627 bits per heavy atom. The summed E-state index contributed by atoms with van der Waals surface area (Å²) in [4.78, 5) is 14.0. The molecule has 0 atom stereocenters. The fourth-order valence-electron chi connectivity index (χ4n) is 11.9. The Hall–Kier alpha value is 0.134. The van der Waals surface area contributed by atoms with Crippen molar-refractivity contribution >= 4 is 48.5 Å². The van der Waals surface area contributed by atoms with Crippen LogP contribution in [0.25, 0.3) is 0 Å². The zero-order chi connectivity index (χ0) is 48.7. The zero-order valence-corrected chi connectivity index (χ0v) is 51.2. The van der Waals surface area contributed by atoms with Crippen molar-refractivity contribution in [3.05, 3.63) is 12.2 Å². The van der Waals surface area contributed by atoms with Gasteiger partial charge in [-0.1, -0.05) is 235 Å². The molecule has 0 bridgehead atoms.